The summed E-state index contributed by atoms with van der Waals surface area (Å²) in [5, 5.41) is 6.91. The fourth-order valence-corrected chi connectivity index (χ4v) is 2.51. The lowest BCUT2D eigenvalue weighted by atomic mass is 10.2. The predicted octanol–water partition coefficient (Wildman–Crippen LogP) is 3.10. The molecule has 0 bridgehead atoms. The zero-order chi connectivity index (χ0) is 17.8. The van der Waals surface area contributed by atoms with E-state index >= 15 is 0 Å². The van der Waals surface area contributed by atoms with E-state index in [1.807, 2.05) is 54.6 Å². The fourth-order valence-electron chi connectivity index (χ4n) is 2.51. The molecule has 1 amide bonds. The second-order valence-electron chi connectivity index (χ2n) is 5.62. The summed E-state index contributed by atoms with van der Waals surface area (Å²) in [6.45, 7) is 0. The van der Waals surface area contributed by atoms with Gasteiger partial charge in [0.1, 0.15) is 18.9 Å². The van der Waals surface area contributed by atoms with E-state index in [2.05, 4.69) is 20.4 Å². The van der Waals surface area contributed by atoms with E-state index in [1.165, 1.54) is 12.6 Å². The summed E-state index contributed by atoms with van der Waals surface area (Å²) in [5.74, 6) is 0.344. The number of anilines is 1. The third kappa shape index (κ3) is 3.51. The van der Waals surface area contributed by atoms with Crippen LogP contribution >= 0.6 is 0 Å². The van der Waals surface area contributed by atoms with Gasteiger partial charge in [0.25, 0.3) is 0 Å². The molecule has 26 heavy (non-hydrogen) atoms. The summed E-state index contributed by atoms with van der Waals surface area (Å²) in [6.07, 6.45) is 4.73. The molecular formula is C19H15N5O2. The van der Waals surface area contributed by atoms with Gasteiger partial charge in [-0.3, -0.25) is 4.79 Å². The predicted molar refractivity (Wildman–Crippen MR) is 95.6 cm³/mol. The second kappa shape index (κ2) is 7.02. The molecule has 0 saturated heterocycles. The zero-order valence-corrected chi connectivity index (χ0v) is 13.7. The van der Waals surface area contributed by atoms with Gasteiger partial charge in [0.2, 0.25) is 11.8 Å². The van der Waals surface area contributed by atoms with Gasteiger partial charge < -0.3 is 9.73 Å². The third-order valence-electron chi connectivity index (χ3n) is 3.75. The van der Waals surface area contributed by atoms with Crippen molar-refractivity contribution >= 4 is 11.6 Å². The Bertz CT molecular complexity index is 992. The molecule has 7 heteroatoms. The number of carbonyl (C=O) groups is 1. The van der Waals surface area contributed by atoms with Crippen LogP contribution in [-0.4, -0.2) is 25.7 Å². The molecule has 0 aliphatic carbocycles. The second-order valence-corrected chi connectivity index (χ2v) is 5.62. The van der Waals surface area contributed by atoms with Gasteiger partial charge in [0, 0.05) is 11.3 Å². The topological polar surface area (TPSA) is 85.8 Å². The SMILES string of the molecule is O=C(Cc1coc(-c2ccccc2)n1)Nc1ccc(-n2cncn2)cc1. The van der Waals surface area contributed by atoms with Crippen LogP contribution in [0.5, 0.6) is 0 Å². The molecule has 4 rings (SSSR count). The van der Waals surface area contributed by atoms with Crippen LogP contribution in [0.3, 0.4) is 0 Å². The van der Waals surface area contributed by atoms with E-state index in [1.54, 1.807) is 11.0 Å². The summed E-state index contributed by atoms with van der Waals surface area (Å²) in [5.41, 5.74) is 3.03. The van der Waals surface area contributed by atoms with E-state index < -0.39 is 0 Å². The van der Waals surface area contributed by atoms with Crippen LogP contribution in [-0.2, 0) is 11.2 Å². The van der Waals surface area contributed by atoms with Crippen molar-refractivity contribution in [1.82, 2.24) is 19.7 Å². The quantitative estimate of drug-likeness (QED) is 0.601. The van der Waals surface area contributed by atoms with E-state index in [0.717, 1.165) is 11.3 Å². The fraction of sp³-hybridized carbons (Fsp3) is 0.0526. The molecule has 2 aromatic carbocycles. The molecule has 2 aromatic heterocycles. The summed E-state index contributed by atoms with van der Waals surface area (Å²) < 4.78 is 7.10. The molecule has 0 unspecified atom stereocenters. The lowest BCUT2D eigenvalue weighted by Crippen LogP contribution is -2.14. The highest BCUT2D eigenvalue weighted by molar-refractivity contribution is 5.92. The lowest BCUT2D eigenvalue weighted by molar-refractivity contribution is -0.115. The van der Waals surface area contributed by atoms with Crippen molar-refractivity contribution in [3.8, 4) is 17.1 Å². The number of amides is 1. The van der Waals surface area contributed by atoms with E-state index in [-0.39, 0.29) is 12.3 Å². The van der Waals surface area contributed by atoms with E-state index in [9.17, 15) is 4.79 Å². The largest absolute Gasteiger partial charge is 0.444 e. The number of hydrogen-bond donors (Lipinski definition) is 1. The van der Waals surface area contributed by atoms with Crippen LogP contribution in [0.15, 0.2) is 77.9 Å². The first-order valence-electron chi connectivity index (χ1n) is 8.03. The highest BCUT2D eigenvalue weighted by atomic mass is 16.3. The Hall–Kier alpha value is -3.74. The molecule has 7 nitrogen and oxygen atoms in total. The van der Waals surface area contributed by atoms with Gasteiger partial charge in [-0.2, -0.15) is 5.10 Å². The number of nitrogens with zero attached hydrogens (tertiary/aromatic N) is 4. The molecule has 0 atom stereocenters. The van der Waals surface area contributed by atoms with Crippen LogP contribution in [0.25, 0.3) is 17.1 Å². The lowest BCUT2D eigenvalue weighted by Gasteiger charge is -2.05. The molecule has 0 aliphatic rings. The highest BCUT2D eigenvalue weighted by Crippen LogP contribution is 2.18. The van der Waals surface area contributed by atoms with Crippen molar-refractivity contribution < 1.29 is 9.21 Å². The first-order chi connectivity index (χ1) is 12.8. The van der Waals surface area contributed by atoms with Gasteiger partial charge >= 0.3 is 0 Å². The summed E-state index contributed by atoms with van der Waals surface area (Å²) in [4.78, 5) is 20.5. The number of benzene rings is 2. The number of carbonyl (C=O) groups excluding carboxylic acids is 1. The van der Waals surface area contributed by atoms with Crippen LogP contribution in [0.1, 0.15) is 5.69 Å². The minimum absolute atomic E-state index is 0.140. The molecule has 0 radical (unpaired) electrons. The monoisotopic (exact) mass is 345 g/mol. The van der Waals surface area contributed by atoms with Crippen molar-refractivity contribution in [1.29, 1.82) is 0 Å². The molecular weight excluding hydrogens is 330 g/mol. The van der Waals surface area contributed by atoms with Crippen LogP contribution in [0, 0.1) is 0 Å². The molecule has 1 N–H and O–H groups in total. The average Bonchev–Trinajstić information content (AvgIpc) is 3.35. The van der Waals surface area contributed by atoms with Crippen molar-refractivity contribution in [2.75, 3.05) is 5.32 Å². The maximum atomic E-state index is 12.2. The first kappa shape index (κ1) is 15.8. The summed E-state index contributed by atoms with van der Waals surface area (Å²) in [6, 6.07) is 16.9. The van der Waals surface area contributed by atoms with Crippen molar-refractivity contribution in [3.05, 3.63) is 79.2 Å². The number of aromatic nitrogens is 4. The maximum absolute atomic E-state index is 12.2. The molecule has 0 aliphatic heterocycles. The number of oxazole rings is 1. The number of hydrogen-bond acceptors (Lipinski definition) is 5. The standard InChI is InChI=1S/C19H15N5O2/c25-18(10-16-11-26-19(23-16)14-4-2-1-3-5-14)22-15-6-8-17(9-7-15)24-13-20-12-21-24/h1-9,11-13H,10H2,(H,22,25). The summed E-state index contributed by atoms with van der Waals surface area (Å²) in [7, 11) is 0. The van der Waals surface area contributed by atoms with E-state index in [4.69, 9.17) is 4.42 Å². The minimum Gasteiger partial charge on any atom is -0.444 e. The van der Waals surface area contributed by atoms with Crippen LogP contribution in [0.4, 0.5) is 5.69 Å². The van der Waals surface area contributed by atoms with Gasteiger partial charge in [0.05, 0.1) is 17.8 Å². The van der Waals surface area contributed by atoms with E-state index in [0.29, 0.717) is 17.3 Å². The molecule has 0 fully saturated rings. The van der Waals surface area contributed by atoms with Crippen molar-refractivity contribution in [3.63, 3.8) is 0 Å². The number of nitrogens with one attached hydrogen (secondary N) is 1. The Morgan fingerprint density at radius 3 is 2.62 bits per heavy atom. The normalized spacial score (nSPS) is 10.6. The van der Waals surface area contributed by atoms with Crippen molar-refractivity contribution in [2.24, 2.45) is 0 Å². The molecule has 0 saturated carbocycles. The molecule has 128 valence electrons. The van der Waals surface area contributed by atoms with Gasteiger partial charge in [-0.05, 0) is 36.4 Å². The van der Waals surface area contributed by atoms with Crippen LogP contribution in [0.2, 0.25) is 0 Å². The Morgan fingerprint density at radius 1 is 1.08 bits per heavy atom. The van der Waals surface area contributed by atoms with Crippen molar-refractivity contribution in [2.45, 2.75) is 6.42 Å². The average molecular weight is 345 g/mol. The van der Waals surface area contributed by atoms with Gasteiger partial charge in [-0.25, -0.2) is 14.6 Å². The van der Waals surface area contributed by atoms with Gasteiger partial charge in [-0.1, -0.05) is 18.2 Å². The Balaban J connectivity index is 1.39. The van der Waals surface area contributed by atoms with Gasteiger partial charge in [0.15, 0.2) is 0 Å². The molecule has 2 heterocycles. The molecule has 4 aromatic rings. The zero-order valence-electron chi connectivity index (χ0n) is 13.7. The Labute approximate surface area is 149 Å². The molecule has 0 spiro atoms. The van der Waals surface area contributed by atoms with Crippen LogP contribution < -0.4 is 5.32 Å². The van der Waals surface area contributed by atoms with Gasteiger partial charge in [-0.15, -0.1) is 0 Å². The smallest absolute Gasteiger partial charge is 0.230 e. The third-order valence-corrected chi connectivity index (χ3v) is 3.75. The first-order valence-corrected chi connectivity index (χ1v) is 8.03. The summed E-state index contributed by atoms with van der Waals surface area (Å²) >= 11 is 0. The maximum Gasteiger partial charge on any atom is 0.230 e. The Kier molecular flexibility index (Phi) is 4.26. The highest BCUT2D eigenvalue weighted by Gasteiger charge is 2.10. The number of rotatable bonds is 5. The Morgan fingerprint density at radius 2 is 1.88 bits per heavy atom. The minimum atomic E-state index is -0.161.